The summed E-state index contributed by atoms with van der Waals surface area (Å²) < 4.78 is 5.38. The summed E-state index contributed by atoms with van der Waals surface area (Å²) in [5.41, 5.74) is 1.79. The molecule has 0 unspecified atom stereocenters. The van der Waals surface area contributed by atoms with E-state index in [4.69, 9.17) is 4.74 Å². The number of nitrogens with one attached hydrogen (secondary N) is 1. The number of hydrogen-bond donors (Lipinski definition) is 1. The molecule has 0 atom stereocenters. The minimum Gasteiger partial charge on any atom is -0.444 e. The zero-order valence-corrected chi connectivity index (χ0v) is 13.5. The van der Waals surface area contributed by atoms with Crippen molar-refractivity contribution in [2.75, 3.05) is 19.6 Å². The summed E-state index contributed by atoms with van der Waals surface area (Å²) in [4.78, 5) is 21.9. The lowest BCUT2D eigenvalue weighted by molar-refractivity contribution is 0.0265. The third-order valence-electron chi connectivity index (χ3n) is 3.23. The van der Waals surface area contributed by atoms with Crippen LogP contribution >= 0.6 is 0 Å². The van der Waals surface area contributed by atoms with Gasteiger partial charge < -0.3 is 15.0 Å². The van der Waals surface area contributed by atoms with Crippen molar-refractivity contribution in [2.24, 2.45) is 0 Å². The molecule has 6 heteroatoms. The Bertz CT molecular complexity index is 523. The molecule has 120 valence electrons. The SMILES string of the molecule is CC(C)(C)OC(=O)N1CC=C(CNCc2cnccn2)CC1. The Hall–Kier alpha value is -1.95. The summed E-state index contributed by atoms with van der Waals surface area (Å²) >= 11 is 0. The van der Waals surface area contributed by atoms with E-state index in [9.17, 15) is 4.79 Å². The normalized spacial score (nSPS) is 15.4. The second-order valence-corrected chi connectivity index (χ2v) is 6.34. The first-order valence-corrected chi connectivity index (χ1v) is 7.55. The molecule has 1 aliphatic heterocycles. The van der Waals surface area contributed by atoms with Crippen molar-refractivity contribution in [1.29, 1.82) is 0 Å². The maximum absolute atomic E-state index is 12.0. The first-order valence-electron chi connectivity index (χ1n) is 7.55. The van der Waals surface area contributed by atoms with Gasteiger partial charge in [0.2, 0.25) is 0 Å². The fourth-order valence-corrected chi connectivity index (χ4v) is 2.14. The maximum atomic E-state index is 12.0. The van der Waals surface area contributed by atoms with Gasteiger partial charge in [-0.2, -0.15) is 0 Å². The van der Waals surface area contributed by atoms with Crippen LogP contribution in [-0.2, 0) is 11.3 Å². The molecular weight excluding hydrogens is 280 g/mol. The number of nitrogens with zero attached hydrogens (tertiary/aromatic N) is 3. The largest absolute Gasteiger partial charge is 0.444 e. The molecule has 22 heavy (non-hydrogen) atoms. The van der Waals surface area contributed by atoms with Crippen molar-refractivity contribution in [2.45, 2.75) is 39.3 Å². The molecule has 0 radical (unpaired) electrons. The maximum Gasteiger partial charge on any atom is 0.410 e. The van der Waals surface area contributed by atoms with Gasteiger partial charge in [0.25, 0.3) is 0 Å². The first-order chi connectivity index (χ1) is 10.4. The summed E-state index contributed by atoms with van der Waals surface area (Å²) in [5.74, 6) is 0. The summed E-state index contributed by atoms with van der Waals surface area (Å²) in [6.45, 7) is 8.45. The van der Waals surface area contributed by atoms with Crippen molar-refractivity contribution in [3.8, 4) is 0 Å². The van der Waals surface area contributed by atoms with Crippen LogP contribution in [0.3, 0.4) is 0 Å². The highest BCUT2D eigenvalue weighted by Gasteiger charge is 2.23. The van der Waals surface area contributed by atoms with Crippen LogP contribution in [-0.4, -0.2) is 46.2 Å². The van der Waals surface area contributed by atoms with E-state index in [1.54, 1.807) is 23.5 Å². The Balaban J connectivity index is 1.73. The average Bonchev–Trinajstić information content (AvgIpc) is 2.47. The number of hydrogen-bond acceptors (Lipinski definition) is 5. The molecule has 1 aromatic heterocycles. The predicted octanol–water partition coefficient (Wildman–Crippen LogP) is 2.13. The number of aromatic nitrogens is 2. The zero-order chi connectivity index (χ0) is 16.0. The van der Waals surface area contributed by atoms with Crippen molar-refractivity contribution >= 4 is 6.09 Å². The van der Waals surface area contributed by atoms with Crippen molar-refractivity contribution < 1.29 is 9.53 Å². The first kappa shape index (κ1) is 16.4. The average molecular weight is 304 g/mol. The van der Waals surface area contributed by atoms with Gasteiger partial charge in [-0.3, -0.25) is 9.97 Å². The summed E-state index contributed by atoms with van der Waals surface area (Å²) in [7, 11) is 0. The highest BCUT2D eigenvalue weighted by Crippen LogP contribution is 2.15. The van der Waals surface area contributed by atoms with Gasteiger partial charge in [-0.15, -0.1) is 0 Å². The van der Waals surface area contributed by atoms with Gasteiger partial charge in [0, 0.05) is 44.8 Å². The van der Waals surface area contributed by atoms with Gasteiger partial charge >= 0.3 is 6.09 Å². The van der Waals surface area contributed by atoms with E-state index in [0.717, 1.165) is 18.7 Å². The van der Waals surface area contributed by atoms with Gasteiger partial charge in [0.15, 0.2) is 0 Å². The second kappa shape index (κ2) is 7.35. The minimum atomic E-state index is -0.445. The van der Waals surface area contributed by atoms with Crippen LogP contribution in [0, 0.1) is 0 Å². The van der Waals surface area contributed by atoms with Crippen LogP contribution in [0.1, 0.15) is 32.9 Å². The highest BCUT2D eigenvalue weighted by atomic mass is 16.6. The molecule has 0 spiro atoms. The molecule has 6 nitrogen and oxygen atoms in total. The summed E-state index contributed by atoms with van der Waals surface area (Å²) in [5, 5.41) is 3.35. The molecule has 0 aromatic carbocycles. The molecule has 2 rings (SSSR count). The smallest absolute Gasteiger partial charge is 0.410 e. The number of carbonyl (C=O) groups excluding carboxylic acids is 1. The fourth-order valence-electron chi connectivity index (χ4n) is 2.14. The molecule has 1 aromatic rings. The molecule has 1 amide bonds. The Kier molecular flexibility index (Phi) is 5.49. The van der Waals surface area contributed by atoms with E-state index in [1.165, 1.54) is 5.57 Å². The van der Waals surface area contributed by atoms with Crippen molar-refractivity contribution in [1.82, 2.24) is 20.2 Å². The van der Waals surface area contributed by atoms with E-state index in [-0.39, 0.29) is 6.09 Å². The fraction of sp³-hybridized carbons (Fsp3) is 0.562. The lowest BCUT2D eigenvalue weighted by Gasteiger charge is -2.29. The third kappa shape index (κ3) is 5.44. The predicted molar refractivity (Wildman–Crippen MR) is 84.2 cm³/mol. The second-order valence-electron chi connectivity index (χ2n) is 6.34. The molecule has 0 fully saturated rings. The van der Waals surface area contributed by atoms with Crippen LogP contribution < -0.4 is 5.32 Å². The van der Waals surface area contributed by atoms with E-state index in [1.807, 2.05) is 20.8 Å². The molecule has 0 saturated carbocycles. The topological polar surface area (TPSA) is 67.3 Å². The van der Waals surface area contributed by atoms with Gasteiger partial charge in [0.05, 0.1) is 5.69 Å². The number of rotatable bonds is 4. The van der Waals surface area contributed by atoms with Gasteiger partial charge in [-0.05, 0) is 27.2 Å². The van der Waals surface area contributed by atoms with Crippen LogP contribution in [0.4, 0.5) is 4.79 Å². The van der Waals surface area contributed by atoms with E-state index in [0.29, 0.717) is 19.6 Å². The summed E-state index contributed by atoms with van der Waals surface area (Å²) in [6.07, 6.45) is 7.83. The summed E-state index contributed by atoms with van der Waals surface area (Å²) in [6, 6.07) is 0. The van der Waals surface area contributed by atoms with Gasteiger partial charge in [0.1, 0.15) is 5.60 Å². The van der Waals surface area contributed by atoms with Gasteiger partial charge in [-0.25, -0.2) is 4.79 Å². The Morgan fingerprint density at radius 1 is 1.36 bits per heavy atom. The molecular formula is C16H24N4O2. The molecule has 0 bridgehead atoms. The monoisotopic (exact) mass is 304 g/mol. The van der Waals surface area contributed by atoms with Crippen molar-refractivity contribution in [3.63, 3.8) is 0 Å². The molecule has 0 saturated heterocycles. The Morgan fingerprint density at radius 2 is 2.18 bits per heavy atom. The molecule has 1 N–H and O–H groups in total. The standard InChI is InChI=1S/C16H24N4O2/c1-16(2,3)22-15(21)20-8-4-13(5-9-20)10-18-12-14-11-17-6-7-19-14/h4,6-7,11,18H,5,8-10,12H2,1-3H3. The van der Waals surface area contributed by atoms with E-state index in [2.05, 4.69) is 21.4 Å². The van der Waals surface area contributed by atoms with E-state index < -0.39 is 5.60 Å². The van der Waals surface area contributed by atoms with Crippen molar-refractivity contribution in [3.05, 3.63) is 35.9 Å². The van der Waals surface area contributed by atoms with Crippen LogP contribution in [0.25, 0.3) is 0 Å². The zero-order valence-electron chi connectivity index (χ0n) is 13.5. The lowest BCUT2D eigenvalue weighted by atomic mass is 10.1. The Morgan fingerprint density at radius 3 is 2.77 bits per heavy atom. The van der Waals surface area contributed by atoms with Crippen LogP contribution in [0.15, 0.2) is 30.2 Å². The number of carbonyl (C=O) groups is 1. The number of amides is 1. The Labute approximate surface area is 131 Å². The quantitative estimate of drug-likeness (QED) is 0.863. The molecule has 1 aliphatic rings. The van der Waals surface area contributed by atoms with Gasteiger partial charge in [-0.1, -0.05) is 11.6 Å². The minimum absolute atomic E-state index is 0.240. The van der Waals surface area contributed by atoms with E-state index >= 15 is 0 Å². The lowest BCUT2D eigenvalue weighted by Crippen LogP contribution is -2.39. The van der Waals surface area contributed by atoms with Crippen LogP contribution in [0.2, 0.25) is 0 Å². The molecule has 2 heterocycles. The van der Waals surface area contributed by atoms with Crippen LogP contribution in [0.5, 0.6) is 0 Å². The third-order valence-corrected chi connectivity index (χ3v) is 3.23. The highest BCUT2D eigenvalue weighted by molar-refractivity contribution is 5.68. The molecule has 0 aliphatic carbocycles. The number of ether oxygens (including phenoxy) is 1.